The van der Waals surface area contributed by atoms with Crippen molar-refractivity contribution in [2.45, 2.75) is 25.7 Å². The van der Waals surface area contributed by atoms with E-state index in [0.717, 1.165) is 12.8 Å². The summed E-state index contributed by atoms with van der Waals surface area (Å²) in [6.45, 7) is 1.31. The molecule has 0 aliphatic carbocycles. The number of hydrogen-bond acceptors (Lipinski definition) is 4. The van der Waals surface area contributed by atoms with Gasteiger partial charge in [-0.25, -0.2) is 9.50 Å². The zero-order valence-electron chi connectivity index (χ0n) is 12.2. The number of carbonyl (C=O) groups is 2. The van der Waals surface area contributed by atoms with Crippen LogP contribution in [0.25, 0.3) is 5.65 Å². The molecule has 0 saturated carbocycles. The van der Waals surface area contributed by atoms with Crippen LogP contribution >= 0.6 is 0 Å². The Kier molecular flexibility index (Phi) is 4.04. The molecule has 0 bridgehead atoms. The first-order chi connectivity index (χ1) is 10.6. The molecule has 3 rings (SSSR count). The standard InChI is InChI=1S/C15H18N4O3/c20-13(21)5-4-11-3-1-7-18(10-11)15(22)12-9-17-19-8-2-6-16-14(12)19/h2,6,8-9,11H,1,3-5,7,10H2,(H,20,21). The minimum Gasteiger partial charge on any atom is -0.481 e. The van der Waals surface area contributed by atoms with Crippen LogP contribution < -0.4 is 0 Å². The van der Waals surface area contributed by atoms with E-state index >= 15 is 0 Å². The number of aromatic nitrogens is 3. The third-order valence-corrected chi connectivity index (χ3v) is 4.08. The van der Waals surface area contributed by atoms with Crippen molar-refractivity contribution in [3.63, 3.8) is 0 Å². The Hall–Kier alpha value is -2.44. The fourth-order valence-electron chi connectivity index (χ4n) is 2.96. The fraction of sp³-hybridized carbons (Fsp3) is 0.467. The predicted octanol–water partition coefficient (Wildman–Crippen LogP) is 1.45. The summed E-state index contributed by atoms with van der Waals surface area (Å²) in [5.74, 6) is -0.604. The van der Waals surface area contributed by atoms with Gasteiger partial charge in [0.05, 0.1) is 6.20 Å². The molecule has 1 amide bonds. The average molecular weight is 302 g/mol. The number of amides is 1. The summed E-state index contributed by atoms with van der Waals surface area (Å²) in [6, 6.07) is 1.76. The van der Waals surface area contributed by atoms with Gasteiger partial charge in [-0.05, 0) is 31.2 Å². The number of aliphatic carboxylic acids is 1. The second-order valence-electron chi connectivity index (χ2n) is 5.64. The van der Waals surface area contributed by atoms with E-state index in [-0.39, 0.29) is 18.2 Å². The van der Waals surface area contributed by atoms with Gasteiger partial charge in [0.25, 0.3) is 5.91 Å². The lowest BCUT2D eigenvalue weighted by atomic mass is 9.93. The highest BCUT2D eigenvalue weighted by Gasteiger charge is 2.26. The Labute approximate surface area is 127 Å². The Morgan fingerprint density at radius 2 is 2.27 bits per heavy atom. The lowest BCUT2D eigenvalue weighted by molar-refractivity contribution is -0.137. The van der Waals surface area contributed by atoms with Gasteiger partial charge in [0, 0.05) is 31.9 Å². The van der Waals surface area contributed by atoms with Gasteiger partial charge < -0.3 is 10.0 Å². The molecule has 7 nitrogen and oxygen atoms in total. The molecule has 1 N–H and O–H groups in total. The molecule has 7 heteroatoms. The van der Waals surface area contributed by atoms with Gasteiger partial charge in [0.15, 0.2) is 5.65 Å². The normalized spacial score (nSPS) is 18.5. The van der Waals surface area contributed by atoms with Crippen molar-refractivity contribution < 1.29 is 14.7 Å². The number of likely N-dealkylation sites (tertiary alicyclic amines) is 1. The van der Waals surface area contributed by atoms with E-state index in [0.29, 0.717) is 30.7 Å². The molecule has 0 aromatic carbocycles. The van der Waals surface area contributed by atoms with Crippen LogP contribution in [0.5, 0.6) is 0 Å². The molecule has 22 heavy (non-hydrogen) atoms. The van der Waals surface area contributed by atoms with Gasteiger partial charge in [0.1, 0.15) is 5.56 Å². The van der Waals surface area contributed by atoms with Gasteiger partial charge in [-0.2, -0.15) is 5.10 Å². The fourth-order valence-corrected chi connectivity index (χ4v) is 2.96. The Bertz CT molecular complexity index is 697. The Morgan fingerprint density at radius 3 is 3.09 bits per heavy atom. The third kappa shape index (κ3) is 2.93. The first kappa shape index (κ1) is 14.5. The number of fused-ring (bicyclic) bond motifs is 1. The van der Waals surface area contributed by atoms with Crippen LogP contribution in [0.1, 0.15) is 36.0 Å². The Balaban J connectivity index is 1.73. The SMILES string of the molecule is O=C(O)CCC1CCCN(C(=O)c2cnn3cccnc23)C1. The minimum atomic E-state index is -0.782. The van der Waals surface area contributed by atoms with Crippen LogP contribution in [-0.2, 0) is 4.79 Å². The molecule has 2 aromatic heterocycles. The van der Waals surface area contributed by atoms with E-state index in [1.165, 1.54) is 0 Å². The molecule has 1 atom stereocenters. The number of nitrogens with zero attached hydrogens (tertiary/aromatic N) is 4. The van der Waals surface area contributed by atoms with Crippen LogP contribution in [0.2, 0.25) is 0 Å². The van der Waals surface area contributed by atoms with Crippen molar-refractivity contribution in [3.8, 4) is 0 Å². The number of carboxylic acids is 1. The van der Waals surface area contributed by atoms with Gasteiger partial charge in [-0.15, -0.1) is 0 Å². The van der Waals surface area contributed by atoms with Crippen molar-refractivity contribution in [1.82, 2.24) is 19.5 Å². The highest BCUT2D eigenvalue weighted by Crippen LogP contribution is 2.23. The highest BCUT2D eigenvalue weighted by atomic mass is 16.4. The zero-order chi connectivity index (χ0) is 15.5. The molecule has 2 aromatic rings. The molecule has 0 spiro atoms. The van der Waals surface area contributed by atoms with E-state index in [9.17, 15) is 9.59 Å². The lowest BCUT2D eigenvalue weighted by Crippen LogP contribution is -2.40. The van der Waals surface area contributed by atoms with Crippen molar-refractivity contribution in [2.75, 3.05) is 13.1 Å². The summed E-state index contributed by atoms with van der Waals surface area (Å²) in [5, 5.41) is 12.9. The zero-order valence-corrected chi connectivity index (χ0v) is 12.2. The monoisotopic (exact) mass is 302 g/mol. The highest BCUT2D eigenvalue weighted by molar-refractivity contribution is 5.99. The topological polar surface area (TPSA) is 87.8 Å². The molecule has 3 heterocycles. The van der Waals surface area contributed by atoms with Crippen LogP contribution in [0.15, 0.2) is 24.7 Å². The number of carboxylic acid groups (broad SMARTS) is 1. The summed E-state index contributed by atoms with van der Waals surface area (Å²) < 4.78 is 1.58. The van der Waals surface area contributed by atoms with Crippen molar-refractivity contribution in [2.24, 2.45) is 5.92 Å². The summed E-state index contributed by atoms with van der Waals surface area (Å²) in [4.78, 5) is 29.4. The quantitative estimate of drug-likeness (QED) is 0.923. The lowest BCUT2D eigenvalue weighted by Gasteiger charge is -2.32. The second kappa shape index (κ2) is 6.13. The molecule has 1 unspecified atom stereocenters. The number of hydrogen-bond donors (Lipinski definition) is 1. The first-order valence-corrected chi connectivity index (χ1v) is 7.44. The maximum atomic E-state index is 12.7. The number of piperidine rings is 1. The maximum absolute atomic E-state index is 12.7. The molecule has 1 saturated heterocycles. The van der Waals surface area contributed by atoms with Crippen LogP contribution in [0.4, 0.5) is 0 Å². The van der Waals surface area contributed by atoms with E-state index in [2.05, 4.69) is 10.1 Å². The second-order valence-corrected chi connectivity index (χ2v) is 5.64. The van der Waals surface area contributed by atoms with Gasteiger partial charge in [0.2, 0.25) is 0 Å². The van der Waals surface area contributed by atoms with Crippen LogP contribution in [0, 0.1) is 5.92 Å². The van der Waals surface area contributed by atoms with E-state index in [1.54, 1.807) is 34.1 Å². The van der Waals surface area contributed by atoms with Crippen LogP contribution in [-0.4, -0.2) is 49.6 Å². The minimum absolute atomic E-state index is 0.0753. The molecular weight excluding hydrogens is 284 g/mol. The largest absolute Gasteiger partial charge is 0.481 e. The molecule has 1 fully saturated rings. The maximum Gasteiger partial charge on any atom is 0.303 e. The smallest absolute Gasteiger partial charge is 0.303 e. The molecule has 1 aliphatic rings. The number of rotatable bonds is 4. The van der Waals surface area contributed by atoms with E-state index in [4.69, 9.17) is 5.11 Å². The van der Waals surface area contributed by atoms with Gasteiger partial charge >= 0.3 is 5.97 Å². The third-order valence-electron chi connectivity index (χ3n) is 4.08. The summed E-state index contributed by atoms with van der Waals surface area (Å²) in [7, 11) is 0. The summed E-state index contributed by atoms with van der Waals surface area (Å²) in [6.07, 6.45) is 7.60. The van der Waals surface area contributed by atoms with Crippen molar-refractivity contribution in [1.29, 1.82) is 0 Å². The van der Waals surface area contributed by atoms with Crippen molar-refractivity contribution >= 4 is 17.5 Å². The van der Waals surface area contributed by atoms with E-state index in [1.807, 2.05) is 0 Å². The molecular formula is C15H18N4O3. The van der Waals surface area contributed by atoms with Gasteiger partial charge in [-0.1, -0.05) is 0 Å². The number of carbonyl (C=O) groups excluding carboxylic acids is 1. The Morgan fingerprint density at radius 1 is 1.41 bits per heavy atom. The molecule has 116 valence electrons. The van der Waals surface area contributed by atoms with Crippen molar-refractivity contribution in [3.05, 3.63) is 30.2 Å². The summed E-state index contributed by atoms with van der Waals surface area (Å²) >= 11 is 0. The van der Waals surface area contributed by atoms with Crippen LogP contribution in [0.3, 0.4) is 0 Å². The first-order valence-electron chi connectivity index (χ1n) is 7.44. The molecule has 1 aliphatic heterocycles. The average Bonchev–Trinajstić information content (AvgIpc) is 2.96. The predicted molar refractivity (Wildman–Crippen MR) is 78.5 cm³/mol. The molecule has 0 radical (unpaired) electrons. The van der Waals surface area contributed by atoms with E-state index < -0.39 is 5.97 Å². The summed E-state index contributed by atoms with van der Waals surface area (Å²) in [5.41, 5.74) is 1.06. The van der Waals surface area contributed by atoms with Gasteiger partial charge in [-0.3, -0.25) is 9.59 Å².